The van der Waals surface area contributed by atoms with E-state index < -0.39 is 11.7 Å². The highest BCUT2D eigenvalue weighted by Gasteiger charge is 2.33. The van der Waals surface area contributed by atoms with Crippen LogP contribution in [-0.2, 0) is 6.18 Å². The normalized spacial score (nSPS) is 13.6. The summed E-state index contributed by atoms with van der Waals surface area (Å²) in [7, 11) is 0. The summed E-state index contributed by atoms with van der Waals surface area (Å²) in [4.78, 5) is 3.95. The van der Waals surface area contributed by atoms with Gasteiger partial charge in [0.1, 0.15) is 0 Å². The first-order valence-corrected chi connectivity index (χ1v) is 10.2. The van der Waals surface area contributed by atoms with Crippen LogP contribution in [0.3, 0.4) is 0 Å². The van der Waals surface area contributed by atoms with Crippen molar-refractivity contribution in [1.29, 1.82) is 0 Å². The fourth-order valence-electron chi connectivity index (χ4n) is 3.34. The Bertz CT molecular complexity index is 824. The van der Waals surface area contributed by atoms with E-state index in [1.54, 1.807) is 6.07 Å². The average Bonchev–Trinajstić information content (AvgIpc) is 2.68. The molecule has 28 heavy (non-hydrogen) atoms. The number of anilines is 2. The molecule has 0 fully saturated rings. The molecule has 0 radical (unpaired) electrons. The maximum Gasteiger partial charge on any atom is 0.416 e. The molecule has 2 aromatic rings. The highest BCUT2D eigenvalue weighted by molar-refractivity contribution is 7.99. The molecule has 0 saturated heterocycles. The van der Waals surface area contributed by atoms with Gasteiger partial charge in [-0.3, -0.25) is 0 Å². The molecule has 0 saturated carbocycles. The molecule has 0 aliphatic carbocycles. The maximum atomic E-state index is 13.2. The number of unbranched alkanes of at least 4 members (excludes halogenated alkanes) is 5. The van der Waals surface area contributed by atoms with Gasteiger partial charge in [0, 0.05) is 22.6 Å². The fraction of sp³-hybridized carbons (Fsp3) is 0.381. The first kappa shape index (κ1) is 20.6. The van der Waals surface area contributed by atoms with Crippen LogP contribution in [0.2, 0.25) is 0 Å². The fourth-order valence-corrected chi connectivity index (χ4v) is 4.42. The van der Waals surface area contributed by atoms with E-state index in [-0.39, 0.29) is 0 Å². The van der Waals surface area contributed by atoms with Gasteiger partial charge in [0.05, 0.1) is 16.9 Å². The number of halogens is 3. The lowest BCUT2D eigenvalue weighted by molar-refractivity contribution is -0.137. The van der Waals surface area contributed by atoms with Crippen LogP contribution in [0.25, 0.3) is 0 Å². The number of oxime groups is 1. The zero-order valence-corrected chi connectivity index (χ0v) is 16.3. The average molecular weight is 408 g/mol. The van der Waals surface area contributed by atoms with Crippen molar-refractivity contribution < 1.29 is 18.4 Å². The van der Waals surface area contributed by atoms with E-state index >= 15 is 0 Å². The standard InChI is InChI=1S/C21H23F3N2OS/c22-21(23,24)16-11-12-20-18(15-16)26(17-9-5-6-10-19(17)28-20)14-8-4-2-1-3-7-13-25-27/h5-6,9-13,15,27H,1-4,7-8,14H2/b25-13-. The summed E-state index contributed by atoms with van der Waals surface area (Å²) in [5, 5.41) is 11.4. The zero-order valence-electron chi connectivity index (χ0n) is 15.5. The van der Waals surface area contributed by atoms with Crippen molar-refractivity contribution in [3.05, 3.63) is 48.0 Å². The minimum absolute atomic E-state index is 0.609. The molecule has 1 aliphatic rings. The van der Waals surface area contributed by atoms with Gasteiger partial charge in [-0.15, -0.1) is 5.16 Å². The van der Waals surface area contributed by atoms with E-state index in [2.05, 4.69) is 5.16 Å². The molecule has 1 N–H and O–H groups in total. The van der Waals surface area contributed by atoms with Crippen LogP contribution in [0.5, 0.6) is 0 Å². The molecule has 1 aliphatic heterocycles. The van der Waals surface area contributed by atoms with E-state index in [0.29, 0.717) is 12.2 Å². The van der Waals surface area contributed by atoms with Crippen LogP contribution < -0.4 is 4.90 Å². The monoisotopic (exact) mass is 408 g/mol. The molecule has 0 aromatic heterocycles. The largest absolute Gasteiger partial charge is 0.416 e. The molecule has 1 heterocycles. The van der Waals surface area contributed by atoms with E-state index in [9.17, 15) is 13.2 Å². The Hall–Kier alpha value is -2.15. The summed E-state index contributed by atoms with van der Waals surface area (Å²) in [6.45, 7) is 0.685. The lowest BCUT2D eigenvalue weighted by atomic mass is 10.1. The third-order valence-electron chi connectivity index (χ3n) is 4.75. The van der Waals surface area contributed by atoms with Crippen LogP contribution in [0.4, 0.5) is 24.5 Å². The van der Waals surface area contributed by atoms with Gasteiger partial charge in [0.2, 0.25) is 0 Å². The smallest absolute Gasteiger partial charge is 0.411 e. The van der Waals surface area contributed by atoms with Crippen molar-refractivity contribution in [2.24, 2.45) is 5.16 Å². The Morgan fingerprint density at radius 3 is 2.43 bits per heavy atom. The molecule has 0 amide bonds. The van der Waals surface area contributed by atoms with Crippen molar-refractivity contribution in [1.82, 2.24) is 0 Å². The Morgan fingerprint density at radius 1 is 0.929 bits per heavy atom. The maximum absolute atomic E-state index is 13.2. The third kappa shape index (κ3) is 5.01. The van der Waals surface area contributed by atoms with E-state index in [0.717, 1.165) is 60.1 Å². The quantitative estimate of drug-likeness (QED) is 0.219. The minimum atomic E-state index is -4.35. The van der Waals surface area contributed by atoms with Crippen molar-refractivity contribution in [2.45, 2.75) is 54.5 Å². The highest BCUT2D eigenvalue weighted by atomic mass is 32.2. The van der Waals surface area contributed by atoms with Gasteiger partial charge in [-0.25, -0.2) is 0 Å². The molecule has 2 aromatic carbocycles. The van der Waals surface area contributed by atoms with Gasteiger partial charge in [-0.2, -0.15) is 13.2 Å². The second-order valence-corrected chi connectivity index (χ2v) is 7.84. The Labute approximate surface area is 167 Å². The molecule has 150 valence electrons. The van der Waals surface area contributed by atoms with Gasteiger partial charge in [-0.1, -0.05) is 43.2 Å². The number of hydrogen-bond donors (Lipinski definition) is 1. The summed E-state index contributed by atoms with van der Waals surface area (Å²) in [6.07, 6.45) is 2.91. The van der Waals surface area contributed by atoms with Gasteiger partial charge in [-0.05, 0) is 49.6 Å². The summed E-state index contributed by atoms with van der Waals surface area (Å²) < 4.78 is 39.6. The summed E-state index contributed by atoms with van der Waals surface area (Å²) in [5.74, 6) is 0. The van der Waals surface area contributed by atoms with Crippen molar-refractivity contribution >= 4 is 29.4 Å². The first-order chi connectivity index (χ1) is 13.5. The van der Waals surface area contributed by atoms with Gasteiger partial charge >= 0.3 is 6.18 Å². The third-order valence-corrected chi connectivity index (χ3v) is 5.88. The van der Waals surface area contributed by atoms with Crippen LogP contribution >= 0.6 is 11.8 Å². The Balaban J connectivity index is 1.71. The number of nitrogens with zero attached hydrogens (tertiary/aromatic N) is 2. The molecule has 3 nitrogen and oxygen atoms in total. The molecule has 7 heteroatoms. The molecule has 0 unspecified atom stereocenters. The number of rotatable bonds is 8. The molecular weight excluding hydrogens is 385 g/mol. The van der Waals surface area contributed by atoms with Gasteiger partial charge < -0.3 is 10.1 Å². The lowest BCUT2D eigenvalue weighted by Crippen LogP contribution is -2.22. The molecule has 0 spiro atoms. The van der Waals surface area contributed by atoms with Crippen LogP contribution in [0.15, 0.2) is 57.4 Å². The molecular formula is C21H23F3N2OS. The van der Waals surface area contributed by atoms with Crippen molar-refractivity contribution in [3.8, 4) is 0 Å². The Morgan fingerprint density at radius 2 is 1.64 bits per heavy atom. The molecule has 3 rings (SSSR count). The van der Waals surface area contributed by atoms with Crippen molar-refractivity contribution in [2.75, 3.05) is 11.4 Å². The molecule has 0 bridgehead atoms. The summed E-state index contributed by atoms with van der Waals surface area (Å²) >= 11 is 1.52. The number of benzene rings is 2. The zero-order chi connectivity index (χ0) is 20.0. The molecule has 0 atom stereocenters. The first-order valence-electron chi connectivity index (χ1n) is 9.42. The van der Waals surface area contributed by atoms with Gasteiger partial charge in [0.15, 0.2) is 0 Å². The number of alkyl halides is 3. The predicted molar refractivity (Wildman–Crippen MR) is 107 cm³/mol. The number of fused-ring (bicyclic) bond motifs is 2. The predicted octanol–water partition coefficient (Wildman–Crippen LogP) is 7.11. The highest BCUT2D eigenvalue weighted by Crippen LogP contribution is 2.49. The lowest BCUT2D eigenvalue weighted by Gasteiger charge is -2.33. The van der Waals surface area contributed by atoms with Crippen molar-refractivity contribution in [3.63, 3.8) is 0 Å². The van der Waals surface area contributed by atoms with Crippen LogP contribution in [0, 0.1) is 0 Å². The Kier molecular flexibility index (Phi) is 6.88. The second-order valence-electron chi connectivity index (χ2n) is 6.76. The second kappa shape index (κ2) is 9.37. The SMILES string of the molecule is O/N=C\CCCCCCCN1c2ccccc2Sc2ccc(C(F)(F)F)cc21. The van der Waals surface area contributed by atoms with Crippen LogP contribution in [-0.4, -0.2) is 18.0 Å². The van der Waals surface area contributed by atoms with E-state index in [4.69, 9.17) is 5.21 Å². The van der Waals surface area contributed by atoms with Crippen LogP contribution in [0.1, 0.15) is 44.1 Å². The topological polar surface area (TPSA) is 35.8 Å². The van der Waals surface area contributed by atoms with E-state index in [1.165, 1.54) is 24.0 Å². The summed E-state index contributed by atoms with van der Waals surface area (Å²) in [5.41, 5.74) is 0.998. The number of hydrogen-bond acceptors (Lipinski definition) is 4. The minimum Gasteiger partial charge on any atom is -0.411 e. The summed E-state index contributed by atoms with van der Waals surface area (Å²) in [6, 6.07) is 11.9. The number of para-hydroxylation sites is 1. The van der Waals surface area contributed by atoms with E-state index in [1.807, 2.05) is 29.2 Å². The van der Waals surface area contributed by atoms with Gasteiger partial charge in [0.25, 0.3) is 0 Å².